The molecule has 0 aromatic heterocycles. The fourth-order valence-electron chi connectivity index (χ4n) is 0. The van der Waals surface area contributed by atoms with Crippen LogP contribution in [-0.4, -0.2) is 22.3 Å². The van der Waals surface area contributed by atoms with Crippen LogP contribution < -0.4 is 0 Å². The summed E-state index contributed by atoms with van der Waals surface area (Å²) in [5, 5.41) is 15.8. The van der Waals surface area contributed by atoms with Gasteiger partial charge in [-0.1, -0.05) is 0 Å². The quantitative estimate of drug-likeness (QED) is 0.643. The Morgan fingerprint density at radius 1 is 1.44 bits per heavy atom. The molecule has 0 aliphatic carbocycles. The molecule has 2 N–H and O–H groups in total. The van der Waals surface area contributed by atoms with Crippen LogP contribution in [0.3, 0.4) is 0 Å². The average Bonchev–Trinajstić information content (AvgIpc) is 1.36. The topological polar surface area (TPSA) is 57.5 Å². The summed E-state index contributed by atoms with van der Waals surface area (Å²) in [4.78, 5) is 9.45. The van der Waals surface area contributed by atoms with Crippen molar-refractivity contribution >= 4 is 18.4 Å². The first kappa shape index (κ1) is 22.5. The molecule has 0 heterocycles. The summed E-state index contributed by atoms with van der Waals surface area (Å²) < 4.78 is 0. The van der Waals surface area contributed by atoms with E-state index in [2.05, 4.69) is 0 Å². The van der Waals surface area contributed by atoms with E-state index in [1.54, 1.807) is 0 Å². The summed E-state index contributed by atoms with van der Waals surface area (Å²) in [6, 6.07) is 0. The van der Waals surface area contributed by atoms with E-state index in [4.69, 9.17) is 10.2 Å². The van der Waals surface area contributed by atoms with Crippen molar-refractivity contribution in [1.82, 2.24) is 0 Å². The minimum absolute atomic E-state index is 0. The van der Waals surface area contributed by atoms with Crippen molar-refractivity contribution in [2.24, 2.45) is 0 Å². The van der Waals surface area contributed by atoms with Crippen LogP contribution in [0, 0.1) is 0 Å². The van der Waals surface area contributed by atoms with Crippen LogP contribution in [-0.2, 0) is 43.8 Å². The van der Waals surface area contributed by atoms with E-state index in [1.165, 1.54) is 6.92 Å². The second kappa shape index (κ2) is 11.7. The predicted octanol–water partition coefficient (Wildman–Crippen LogP) is -0.131. The van der Waals surface area contributed by atoms with Crippen molar-refractivity contribution in [2.45, 2.75) is 13.0 Å². The zero-order chi connectivity index (χ0) is 5.15. The minimum Gasteiger partial charge on any atom is -0.479 e. The molecule has 0 aliphatic heterocycles. The molecular formula is C3H7ClO3Zn2. The molecule has 0 fully saturated rings. The van der Waals surface area contributed by atoms with Crippen molar-refractivity contribution in [1.29, 1.82) is 0 Å². The molecule has 0 aliphatic rings. The Bertz CT molecular complexity index is 68.1. The molecule has 48 valence electrons. The van der Waals surface area contributed by atoms with Gasteiger partial charge in [-0.15, -0.1) is 12.4 Å². The molecule has 0 radical (unpaired) electrons. The second-order valence-electron chi connectivity index (χ2n) is 1.01. The van der Waals surface area contributed by atoms with Crippen LogP contribution in [0.15, 0.2) is 0 Å². The molecule has 6 heteroatoms. The molecule has 0 spiro atoms. The molecule has 0 saturated carbocycles. The van der Waals surface area contributed by atoms with Crippen molar-refractivity contribution < 1.29 is 54.0 Å². The van der Waals surface area contributed by atoms with Gasteiger partial charge in [0.15, 0.2) is 0 Å². The number of rotatable bonds is 1. The normalized spacial score (nSPS) is 9.11. The van der Waals surface area contributed by atoms with E-state index in [9.17, 15) is 4.79 Å². The van der Waals surface area contributed by atoms with Crippen LogP contribution >= 0.6 is 12.4 Å². The zero-order valence-electron chi connectivity index (χ0n) is 5.20. The summed E-state index contributed by atoms with van der Waals surface area (Å²) in [6.07, 6.45) is -1.23. The minimum atomic E-state index is -1.23. The smallest absolute Gasteiger partial charge is 0.332 e. The van der Waals surface area contributed by atoms with E-state index in [-0.39, 0.29) is 51.4 Å². The van der Waals surface area contributed by atoms with Gasteiger partial charge in [-0.2, -0.15) is 0 Å². The van der Waals surface area contributed by atoms with Gasteiger partial charge in [-0.25, -0.2) is 4.79 Å². The molecule has 1 atom stereocenters. The fourth-order valence-corrected chi connectivity index (χ4v) is 0. The monoisotopic (exact) mass is 254 g/mol. The first-order valence-corrected chi connectivity index (χ1v) is 1.55. The van der Waals surface area contributed by atoms with E-state index in [0.29, 0.717) is 0 Å². The van der Waals surface area contributed by atoms with Crippen molar-refractivity contribution in [3.05, 3.63) is 0 Å². The molecule has 1 unspecified atom stereocenters. The third-order valence-electron chi connectivity index (χ3n) is 0.357. The summed E-state index contributed by atoms with van der Waals surface area (Å²) in [7, 11) is 0. The van der Waals surface area contributed by atoms with Gasteiger partial charge in [0.2, 0.25) is 0 Å². The number of aliphatic carboxylic acids is 1. The second-order valence-corrected chi connectivity index (χ2v) is 1.01. The fraction of sp³-hybridized carbons (Fsp3) is 0.667. The average molecular weight is 257 g/mol. The molecule has 0 amide bonds. The molecule has 0 rings (SSSR count). The first-order valence-electron chi connectivity index (χ1n) is 1.55. The summed E-state index contributed by atoms with van der Waals surface area (Å²) in [5.41, 5.74) is 0. The molecular weight excluding hydrogens is 250 g/mol. The number of aliphatic hydroxyl groups excluding tert-OH is 1. The number of aliphatic hydroxyl groups is 1. The van der Waals surface area contributed by atoms with Gasteiger partial charge in [0.25, 0.3) is 0 Å². The first-order chi connectivity index (χ1) is 2.64. The molecule has 0 aromatic rings. The van der Waals surface area contributed by atoms with Gasteiger partial charge in [0.05, 0.1) is 0 Å². The zero-order valence-corrected chi connectivity index (χ0v) is 12.0. The van der Waals surface area contributed by atoms with E-state index in [0.717, 1.165) is 0 Å². The number of carboxylic acid groups (broad SMARTS) is 1. The largest absolute Gasteiger partial charge is 0.479 e. The van der Waals surface area contributed by atoms with Crippen molar-refractivity contribution in [3.8, 4) is 0 Å². The van der Waals surface area contributed by atoms with E-state index < -0.39 is 12.1 Å². The third kappa shape index (κ3) is 17.6. The Balaban J connectivity index is -0.0000000417. The van der Waals surface area contributed by atoms with Crippen LogP contribution in [0.1, 0.15) is 6.92 Å². The van der Waals surface area contributed by atoms with Gasteiger partial charge in [-0.05, 0) is 6.92 Å². The Morgan fingerprint density at radius 2 is 1.56 bits per heavy atom. The maximum atomic E-state index is 9.45. The van der Waals surface area contributed by atoms with Crippen molar-refractivity contribution in [3.63, 3.8) is 0 Å². The van der Waals surface area contributed by atoms with Gasteiger partial charge >= 0.3 is 5.97 Å². The maximum absolute atomic E-state index is 9.45. The molecule has 0 aromatic carbocycles. The predicted molar refractivity (Wildman–Crippen MR) is 26.6 cm³/mol. The Labute approximate surface area is 85.1 Å². The standard InChI is InChI=1S/C3H6O3.ClH.2Zn/c1-2(4)3(5)6;;;/h2,4H,1H3,(H,5,6);1H;;. The van der Waals surface area contributed by atoms with Crippen LogP contribution in [0.4, 0.5) is 0 Å². The van der Waals surface area contributed by atoms with Crippen LogP contribution in [0.5, 0.6) is 0 Å². The maximum Gasteiger partial charge on any atom is 0.332 e. The number of halogens is 1. The third-order valence-corrected chi connectivity index (χ3v) is 0.357. The molecule has 3 nitrogen and oxygen atoms in total. The number of carbonyl (C=O) groups is 1. The Kier molecular flexibility index (Phi) is 29.3. The number of hydrogen-bond donors (Lipinski definition) is 2. The number of carboxylic acids is 1. The molecule has 0 saturated heterocycles. The van der Waals surface area contributed by atoms with Gasteiger partial charge in [-0.3, -0.25) is 0 Å². The summed E-state index contributed by atoms with van der Waals surface area (Å²) in [5.74, 6) is -1.19. The van der Waals surface area contributed by atoms with Gasteiger partial charge < -0.3 is 10.2 Å². The van der Waals surface area contributed by atoms with E-state index >= 15 is 0 Å². The van der Waals surface area contributed by atoms with Crippen LogP contribution in [0.25, 0.3) is 0 Å². The van der Waals surface area contributed by atoms with E-state index in [1.807, 2.05) is 0 Å². The summed E-state index contributed by atoms with van der Waals surface area (Å²) in [6.45, 7) is 1.20. The van der Waals surface area contributed by atoms with Crippen LogP contribution in [0.2, 0.25) is 0 Å². The summed E-state index contributed by atoms with van der Waals surface area (Å²) >= 11 is 0. The van der Waals surface area contributed by atoms with Gasteiger partial charge in [0.1, 0.15) is 6.10 Å². The SMILES string of the molecule is CC(O)C(=O)O.Cl.[Zn].[Zn]. The van der Waals surface area contributed by atoms with Crippen molar-refractivity contribution in [2.75, 3.05) is 0 Å². The molecule has 0 bridgehead atoms. The molecule has 9 heavy (non-hydrogen) atoms. The Hall–Kier alpha value is 0.967. The van der Waals surface area contributed by atoms with Gasteiger partial charge in [0, 0.05) is 39.0 Å². The Morgan fingerprint density at radius 3 is 1.56 bits per heavy atom. The number of hydrogen-bond acceptors (Lipinski definition) is 2.